The largest absolute Gasteiger partial charge is 0.444 e. The van der Waals surface area contributed by atoms with Crippen molar-refractivity contribution in [3.05, 3.63) is 0 Å². The molecule has 1 saturated carbocycles. The van der Waals surface area contributed by atoms with Crippen LogP contribution < -0.4 is 10.6 Å². The molecule has 2 fully saturated rings. The van der Waals surface area contributed by atoms with Crippen LogP contribution in [0.5, 0.6) is 0 Å². The molecule has 5 heteroatoms. The lowest BCUT2D eigenvalue weighted by Gasteiger charge is -2.40. The van der Waals surface area contributed by atoms with Gasteiger partial charge in [-0.3, -0.25) is 0 Å². The molecule has 2 N–H and O–H groups in total. The number of hydrogen-bond donors (Lipinski definition) is 2. The van der Waals surface area contributed by atoms with Crippen LogP contribution in [0.2, 0.25) is 0 Å². The molecule has 0 bridgehead atoms. The second kappa shape index (κ2) is 9.77. The Kier molecular flexibility index (Phi) is 8.01. The van der Waals surface area contributed by atoms with Gasteiger partial charge in [0.15, 0.2) is 0 Å². The van der Waals surface area contributed by atoms with E-state index >= 15 is 0 Å². The smallest absolute Gasteiger partial charge is 0.410 e. The van der Waals surface area contributed by atoms with Gasteiger partial charge in [0.2, 0.25) is 0 Å². The molecule has 0 spiro atoms. The van der Waals surface area contributed by atoms with E-state index in [1.54, 1.807) is 4.90 Å². The summed E-state index contributed by atoms with van der Waals surface area (Å²) in [5.41, 5.74) is -0.431. The molecule has 25 heavy (non-hydrogen) atoms. The fraction of sp³-hybridized carbons (Fsp3) is 0.950. The summed E-state index contributed by atoms with van der Waals surface area (Å²) in [4.78, 5) is 14.1. The van der Waals surface area contributed by atoms with Gasteiger partial charge in [0.1, 0.15) is 5.60 Å². The van der Waals surface area contributed by atoms with E-state index in [2.05, 4.69) is 10.6 Å². The van der Waals surface area contributed by atoms with Crippen molar-refractivity contribution in [2.75, 3.05) is 26.2 Å². The first kappa shape index (κ1) is 20.5. The Morgan fingerprint density at radius 1 is 1.16 bits per heavy atom. The van der Waals surface area contributed by atoms with Gasteiger partial charge >= 0.3 is 6.09 Å². The molecule has 1 aliphatic heterocycles. The first-order valence-corrected chi connectivity index (χ1v) is 10.4. The molecule has 3 unspecified atom stereocenters. The van der Waals surface area contributed by atoms with Gasteiger partial charge in [-0.15, -0.1) is 0 Å². The standard InChI is InChI=1S/C20H39N3O2/c1-5-23(19(24)25-20(2,3)4)15-14-22-18-11-7-6-10-16(18)17-12-8-9-13-21-17/h16-18,21-22H,5-15H2,1-4H3. The van der Waals surface area contributed by atoms with Crippen LogP contribution in [0, 0.1) is 5.92 Å². The summed E-state index contributed by atoms with van der Waals surface area (Å²) in [6, 6.07) is 1.27. The molecule has 3 atom stereocenters. The maximum atomic E-state index is 12.2. The molecule has 1 saturated heterocycles. The zero-order chi connectivity index (χ0) is 18.3. The van der Waals surface area contributed by atoms with Gasteiger partial charge in [0, 0.05) is 31.7 Å². The molecule has 0 aromatic carbocycles. The Bertz CT molecular complexity index is 402. The zero-order valence-electron chi connectivity index (χ0n) is 16.8. The molecule has 0 aromatic heterocycles. The fourth-order valence-corrected chi connectivity index (χ4v) is 4.23. The number of rotatable bonds is 6. The highest BCUT2D eigenvalue weighted by Crippen LogP contribution is 2.30. The van der Waals surface area contributed by atoms with E-state index in [1.807, 2.05) is 27.7 Å². The Hall–Kier alpha value is -0.810. The predicted octanol–water partition coefficient (Wildman–Crippen LogP) is 3.53. The Morgan fingerprint density at radius 2 is 1.88 bits per heavy atom. The highest BCUT2D eigenvalue weighted by molar-refractivity contribution is 5.68. The SMILES string of the molecule is CCN(CCNC1CCCCC1C1CCCCN1)C(=O)OC(C)(C)C. The van der Waals surface area contributed by atoms with Crippen LogP contribution in [0.3, 0.4) is 0 Å². The van der Waals surface area contributed by atoms with Crippen molar-refractivity contribution >= 4 is 6.09 Å². The van der Waals surface area contributed by atoms with Crippen molar-refractivity contribution in [1.82, 2.24) is 15.5 Å². The van der Waals surface area contributed by atoms with E-state index in [0.717, 1.165) is 12.5 Å². The number of amides is 1. The summed E-state index contributed by atoms with van der Waals surface area (Å²) < 4.78 is 5.50. The second-order valence-corrected chi connectivity index (χ2v) is 8.63. The third kappa shape index (κ3) is 6.78. The monoisotopic (exact) mass is 353 g/mol. The van der Waals surface area contributed by atoms with E-state index in [4.69, 9.17) is 4.74 Å². The minimum absolute atomic E-state index is 0.203. The molecule has 1 heterocycles. The number of nitrogens with one attached hydrogen (secondary N) is 2. The molecule has 0 radical (unpaired) electrons. The third-order valence-electron chi connectivity index (χ3n) is 5.51. The minimum Gasteiger partial charge on any atom is -0.444 e. The van der Waals surface area contributed by atoms with Crippen LogP contribution in [0.4, 0.5) is 4.79 Å². The molecule has 0 aromatic rings. The third-order valence-corrected chi connectivity index (χ3v) is 5.51. The van der Waals surface area contributed by atoms with Gasteiger partial charge < -0.3 is 20.3 Å². The van der Waals surface area contributed by atoms with Crippen LogP contribution >= 0.6 is 0 Å². The van der Waals surface area contributed by atoms with Crippen molar-refractivity contribution < 1.29 is 9.53 Å². The molecule has 1 amide bonds. The second-order valence-electron chi connectivity index (χ2n) is 8.63. The molecular weight excluding hydrogens is 314 g/mol. The summed E-state index contributed by atoms with van der Waals surface area (Å²) in [6.07, 6.45) is 9.09. The first-order chi connectivity index (χ1) is 11.9. The molecule has 5 nitrogen and oxygen atoms in total. The van der Waals surface area contributed by atoms with E-state index in [-0.39, 0.29) is 6.09 Å². The van der Waals surface area contributed by atoms with E-state index in [1.165, 1.54) is 51.5 Å². The van der Waals surface area contributed by atoms with Gasteiger partial charge in [0.05, 0.1) is 0 Å². The molecule has 2 rings (SSSR count). The predicted molar refractivity (Wildman–Crippen MR) is 103 cm³/mol. The van der Waals surface area contributed by atoms with Gasteiger partial charge in [-0.2, -0.15) is 0 Å². The summed E-state index contributed by atoms with van der Waals surface area (Å²) in [6.45, 7) is 11.2. The maximum Gasteiger partial charge on any atom is 0.410 e. The van der Waals surface area contributed by atoms with Gasteiger partial charge in [-0.1, -0.05) is 19.3 Å². The van der Waals surface area contributed by atoms with Gasteiger partial charge in [-0.25, -0.2) is 4.79 Å². The molecule has 146 valence electrons. The number of hydrogen-bond acceptors (Lipinski definition) is 4. The lowest BCUT2D eigenvalue weighted by Crippen LogP contribution is -2.52. The Balaban J connectivity index is 1.80. The summed E-state index contributed by atoms with van der Waals surface area (Å²) in [5, 5.41) is 7.51. The normalized spacial score (nSPS) is 27.8. The van der Waals surface area contributed by atoms with Crippen molar-refractivity contribution in [3.8, 4) is 0 Å². The van der Waals surface area contributed by atoms with Crippen LogP contribution in [0.15, 0.2) is 0 Å². The average Bonchev–Trinajstić information content (AvgIpc) is 2.58. The topological polar surface area (TPSA) is 53.6 Å². The highest BCUT2D eigenvalue weighted by atomic mass is 16.6. The molecule has 1 aliphatic carbocycles. The molecular formula is C20H39N3O2. The fourth-order valence-electron chi connectivity index (χ4n) is 4.23. The van der Waals surface area contributed by atoms with Crippen molar-refractivity contribution in [2.24, 2.45) is 5.92 Å². The van der Waals surface area contributed by atoms with Crippen molar-refractivity contribution in [2.45, 2.75) is 90.3 Å². The number of carbonyl (C=O) groups excluding carboxylic acids is 1. The lowest BCUT2D eigenvalue weighted by atomic mass is 9.77. The van der Waals surface area contributed by atoms with E-state index < -0.39 is 5.60 Å². The summed E-state index contributed by atoms with van der Waals surface area (Å²) in [5.74, 6) is 0.741. The van der Waals surface area contributed by atoms with Gasteiger partial charge in [0.25, 0.3) is 0 Å². The number of piperidine rings is 1. The number of nitrogens with zero attached hydrogens (tertiary/aromatic N) is 1. The van der Waals surface area contributed by atoms with Crippen LogP contribution in [0.25, 0.3) is 0 Å². The maximum absolute atomic E-state index is 12.2. The van der Waals surface area contributed by atoms with Crippen molar-refractivity contribution in [3.63, 3.8) is 0 Å². The summed E-state index contributed by atoms with van der Waals surface area (Å²) in [7, 11) is 0. The van der Waals surface area contributed by atoms with E-state index in [9.17, 15) is 4.79 Å². The quantitative estimate of drug-likeness (QED) is 0.767. The van der Waals surface area contributed by atoms with Gasteiger partial charge in [-0.05, 0) is 65.8 Å². The van der Waals surface area contributed by atoms with E-state index in [0.29, 0.717) is 25.2 Å². The average molecular weight is 354 g/mol. The van der Waals surface area contributed by atoms with Crippen LogP contribution in [-0.2, 0) is 4.74 Å². The highest BCUT2D eigenvalue weighted by Gasteiger charge is 2.32. The van der Waals surface area contributed by atoms with Crippen LogP contribution in [-0.4, -0.2) is 54.9 Å². The number of ether oxygens (including phenoxy) is 1. The first-order valence-electron chi connectivity index (χ1n) is 10.4. The summed E-state index contributed by atoms with van der Waals surface area (Å²) >= 11 is 0. The lowest BCUT2D eigenvalue weighted by molar-refractivity contribution is 0.0258. The Morgan fingerprint density at radius 3 is 2.52 bits per heavy atom. The number of carbonyl (C=O) groups is 1. The zero-order valence-corrected chi connectivity index (χ0v) is 16.8. The minimum atomic E-state index is -0.431. The Labute approximate surface area is 154 Å². The molecule has 2 aliphatic rings. The van der Waals surface area contributed by atoms with Crippen LogP contribution in [0.1, 0.15) is 72.6 Å². The van der Waals surface area contributed by atoms with Crippen molar-refractivity contribution in [1.29, 1.82) is 0 Å². The number of likely N-dealkylation sites (N-methyl/N-ethyl adjacent to an activating group) is 1.